The molecule has 2 heterocycles. The Balaban J connectivity index is 1.69. The maximum atomic E-state index is 12.7. The average molecular weight is 349 g/mol. The summed E-state index contributed by atoms with van der Waals surface area (Å²) in [6, 6.07) is 11.2. The minimum atomic E-state index is -0.180. The number of nitrogens with one attached hydrogen (secondary N) is 2. The number of amides is 1. The van der Waals surface area contributed by atoms with Crippen LogP contribution in [0.5, 0.6) is 5.75 Å². The van der Waals surface area contributed by atoms with E-state index in [1.807, 2.05) is 37.3 Å². The molecule has 6 heteroatoms. The summed E-state index contributed by atoms with van der Waals surface area (Å²) >= 11 is 5.86. The third-order valence-corrected chi connectivity index (χ3v) is 4.67. The highest BCUT2D eigenvalue weighted by Gasteiger charge is 2.36. The van der Waals surface area contributed by atoms with Crippen LogP contribution in [0, 0.1) is 5.92 Å². The van der Waals surface area contributed by atoms with E-state index < -0.39 is 0 Å². The summed E-state index contributed by atoms with van der Waals surface area (Å²) in [5.74, 6) is 1.35. The van der Waals surface area contributed by atoms with Gasteiger partial charge in [0, 0.05) is 19.0 Å². The minimum Gasteiger partial charge on any atom is -0.497 e. The molecule has 2 aromatic rings. The van der Waals surface area contributed by atoms with E-state index in [2.05, 4.69) is 10.6 Å². The first kappa shape index (κ1) is 16.9. The quantitative estimate of drug-likeness (QED) is 0.871. The molecule has 1 aliphatic rings. The van der Waals surface area contributed by atoms with Crippen LogP contribution in [0.15, 0.2) is 40.8 Å². The molecule has 1 aliphatic heterocycles. The second-order valence-electron chi connectivity index (χ2n) is 6.02. The molecule has 0 unspecified atom stereocenters. The maximum absolute atomic E-state index is 12.7. The third kappa shape index (κ3) is 3.57. The molecule has 1 saturated heterocycles. The molecule has 0 radical (unpaired) electrons. The Labute approximate surface area is 146 Å². The van der Waals surface area contributed by atoms with Crippen molar-refractivity contribution in [1.82, 2.24) is 10.6 Å². The molecule has 2 N–H and O–H groups in total. The molecule has 0 aliphatic carbocycles. The molecule has 1 aromatic carbocycles. The number of benzene rings is 1. The molecule has 0 saturated carbocycles. The van der Waals surface area contributed by atoms with Crippen molar-refractivity contribution in [3.05, 3.63) is 52.9 Å². The van der Waals surface area contributed by atoms with Crippen molar-refractivity contribution in [1.29, 1.82) is 0 Å². The van der Waals surface area contributed by atoms with E-state index in [9.17, 15) is 4.79 Å². The van der Waals surface area contributed by atoms with Crippen molar-refractivity contribution in [2.45, 2.75) is 18.9 Å². The fourth-order valence-electron chi connectivity index (χ4n) is 3.10. The molecule has 1 fully saturated rings. The van der Waals surface area contributed by atoms with Crippen LogP contribution in [-0.2, 0) is 4.79 Å². The summed E-state index contributed by atoms with van der Waals surface area (Å²) in [7, 11) is 1.63. The van der Waals surface area contributed by atoms with Crippen LogP contribution in [0.1, 0.15) is 30.2 Å². The molecular weight excluding hydrogens is 328 g/mol. The van der Waals surface area contributed by atoms with E-state index in [4.69, 9.17) is 20.8 Å². The van der Waals surface area contributed by atoms with Crippen LogP contribution in [0.4, 0.5) is 0 Å². The van der Waals surface area contributed by atoms with E-state index in [-0.39, 0.29) is 23.8 Å². The Hall–Kier alpha value is -1.98. The fraction of sp³-hybridized carbons (Fsp3) is 0.389. The van der Waals surface area contributed by atoms with Gasteiger partial charge in [0.25, 0.3) is 0 Å². The van der Waals surface area contributed by atoms with Crippen LogP contribution >= 0.6 is 11.6 Å². The Kier molecular flexibility index (Phi) is 5.11. The van der Waals surface area contributed by atoms with Gasteiger partial charge in [-0.1, -0.05) is 12.1 Å². The van der Waals surface area contributed by atoms with Gasteiger partial charge in [0.15, 0.2) is 5.22 Å². The summed E-state index contributed by atoms with van der Waals surface area (Å²) in [5, 5.41) is 6.69. The van der Waals surface area contributed by atoms with Gasteiger partial charge < -0.3 is 19.8 Å². The van der Waals surface area contributed by atoms with Gasteiger partial charge in [0.2, 0.25) is 5.91 Å². The molecule has 3 rings (SSSR count). The zero-order chi connectivity index (χ0) is 17.1. The minimum absolute atomic E-state index is 0.00462. The molecule has 0 bridgehead atoms. The number of halogens is 1. The summed E-state index contributed by atoms with van der Waals surface area (Å²) in [6.45, 7) is 3.29. The monoisotopic (exact) mass is 348 g/mol. The fourth-order valence-corrected chi connectivity index (χ4v) is 3.25. The zero-order valence-corrected chi connectivity index (χ0v) is 14.5. The van der Waals surface area contributed by atoms with E-state index in [0.29, 0.717) is 18.3 Å². The standard InChI is InChI=1S/C18H21ClN2O3/c1-11(12-4-3-5-13(8-12)23-2)21-18(22)15-10-20-9-14(15)16-6-7-17(19)24-16/h3-8,11,14-15,20H,9-10H2,1-2H3,(H,21,22)/t11-,14+,15+/m0/s1. The van der Waals surface area contributed by atoms with Gasteiger partial charge in [-0.2, -0.15) is 0 Å². The molecule has 3 atom stereocenters. The molecule has 1 aromatic heterocycles. The van der Waals surface area contributed by atoms with Gasteiger partial charge in [-0.15, -0.1) is 0 Å². The lowest BCUT2D eigenvalue weighted by molar-refractivity contribution is -0.125. The topological polar surface area (TPSA) is 63.5 Å². The predicted octanol–water partition coefficient (Wildman–Crippen LogP) is 3.12. The van der Waals surface area contributed by atoms with Gasteiger partial charge in [0.05, 0.1) is 19.1 Å². The van der Waals surface area contributed by atoms with Gasteiger partial charge in [0.1, 0.15) is 11.5 Å². The van der Waals surface area contributed by atoms with Gasteiger partial charge in [-0.05, 0) is 48.4 Å². The first-order valence-electron chi connectivity index (χ1n) is 7.98. The third-order valence-electron chi connectivity index (χ3n) is 4.46. The number of hydrogen-bond donors (Lipinski definition) is 2. The van der Waals surface area contributed by atoms with E-state index in [0.717, 1.165) is 17.1 Å². The summed E-state index contributed by atoms with van der Waals surface area (Å²) in [6.07, 6.45) is 0. The number of methoxy groups -OCH3 is 1. The number of hydrogen-bond acceptors (Lipinski definition) is 4. The van der Waals surface area contributed by atoms with Crippen molar-refractivity contribution in [2.24, 2.45) is 5.92 Å². The van der Waals surface area contributed by atoms with Crippen molar-refractivity contribution in [2.75, 3.05) is 20.2 Å². The van der Waals surface area contributed by atoms with E-state index in [1.54, 1.807) is 13.2 Å². The van der Waals surface area contributed by atoms with E-state index in [1.165, 1.54) is 0 Å². The normalized spacial score (nSPS) is 21.5. The SMILES string of the molecule is COc1cccc([C@H](C)NC(=O)[C@@H]2CNC[C@H]2c2ccc(Cl)o2)c1. The number of furan rings is 1. The van der Waals surface area contributed by atoms with Crippen LogP contribution < -0.4 is 15.4 Å². The second-order valence-corrected chi connectivity index (χ2v) is 6.39. The lowest BCUT2D eigenvalue weighted by Crippen LogP contribution is -2.35. The molecular formula is C18H21ClN2O3. The van der Waals surface area contributed by atoms with Crippen molar-refractivity contribution >= 4 is 17.5 Å². The highest BCUT2D eigenvalue weighted by atomic mass is 35.5. The van der Waals surface area contributed by atoms with Crippen LogP contribution in [0.2, 0.25) is 5.22 Å². The maximum Gasteiger partial charge on any atom is 0.225 e. The van der Waals surface area contributed by atoms with E-state index >= 15 is 0 Å². The molecule has 5 nitrogen and oxygen atoms in total. The number of carbonyl (C=O) groups is 1. The average Bonchev–Trinajstić information content (AvgIpc) is 3.23. The van der Waals surface area contributed by atoms with Crippen molar-refractivity contribution in [3.63, 3.8) is 0 Å². The Bertz CT molecular complexity index is 716. The predicted molar refractivity (Wildman–Crippen MR) is 92.4 cm³/mol. The van der Waals surface area contributed by atoms with Crippen molar-refractivity contribution < 1.29 is 13.9 Å². The molecule has 24 heavy (non-hydrogen) atoms. The summed E-state index contributed by atoms with van der Waals surface area (Å²) < 4.78 is 10.7. The number of rotatable bonds is 5. The van der Waals surface area contributed by atoms with Crippen molar-refractivity contribution in [3.8, 4) is 5.75 Å². The van der Waals surface area contributed by atoms with Gasteiger partial charge >= 0.3 is 0 Å². The largest absolute Gasteiger partial charge is 0.497 e. The van der Waals surface area contributed by atoms with Crippen LogP contribution in [-0.4, -0.2) is 26.1 Å². The van der Waals surface area contributed by atoms with Crippen LogP contribution in [0.25, 0.3) is 0 Å². The lowest BCUT2D eigenvalue weighted by Gasteiger charge is -2.20. The number of ether oxygens (including phenoxy) is 1. The van der Waals surface area contributed by atoms with Gasteiger partial charge in [-0.3, -0.25) is 4.79 Å². The second kappa shape index (κ2) is 7.28. The lowest BCUT2D eigenvalue weighted by atomic mass is 9.92. The smallest absolute Gasteiger partial charge is 0.225 e. The summed E-state index contributed by atoms with van der Waals surface area (Å²) in [5.41, 5.74) is 1.01. The Morgan fingerprint density at radius 2 is 2.21 bits per heavy atom. The van der Waals surface area contributed by atoms with Gasteiger partial charge in [-0.25, -0.2) is 0 Å². The first-order chi connectivity index (χ1) is 11.6. The highest BCUT2D eigenvalue weighted by molar-refractivity contribution is 6.28. The Morgan fingerprint density at radius 3 is 2.92 bits per heavy atom. The molecule has 0 spiro atoms. The Morgan fingerprint density at radius 1 is 1.38 bits per heavy atom. The highest BCUT2D eigenvalue weighted by Crippen LogP contribution is 2.31. The zero-order valence-electron chi connectivity index (χ0n) is 13.7. The van der Waals surface area contributed by atoms with Crippen LogP contribution in [0.3, 0.4) is 0 Å². The molecule has 1 amide bonds. The first-order valence-corrected chi connectivity index (χ1v) is 8.36. The summed E-state index contributed by atoms with van der Waals surface area (Å²) in [4.78, 5) is 12.7. The molecule has 128 valence electrons. The number of carbonyl (C=O) groups excluding carboxylic acids is 1.